The summed E-state index contributed by atoms with van der Waals surface area (Å²) in [7, 11) is 0. The molecule has 5 unspecified atom stereocenters. The summed E-state index contributed by atoms with van der Waals surface area (Å²) in [6.45, 7) is 4.01. The summed E-state index contributed by atoms with van der Waals surface area (Å²) in [5.74, 6) is 0. The predicted octanol–water partition coefficient (Wildman–Crippen LogP) is 2.24. The first-order valence-corrected chi connectivity index (χ1v) is 6.14. The number of fused-ring (bicyclic) bond motifs is 1. The van der Waals surface area contributed by atoms with Crippen LogP contribution in [0, 0.1) is 0 Å². The van der Waals surface area contributed by atoms with Gasteiger partial charge in [0.15, 0.2) is 0 Å². The van der Waals surface area contributed by atoms with Gasteiger partial charge in [-0.05, 0) is 13.8 Å². The number of carbonyl (C=O) groups is 1. The van der Waals surface area contributed by atoms with Crippen LogP contribution in [0.15, 0.2) is 0 Å². The minimum absolute atomic E-state index is 0.0855. The predicted molar refractivity (Wildman–Crippen MR) is 57.1 cm³/mol. The van der Waals surface area contributed by atoms with E-state index in [9.17, 15) is 4.79 Å². The van der Waals surface area contributed by atoms with E-state index < -0.39 is 6.16 Å². The molecule has 2 saturated heterocycles. The lowest BCUT2D eigenvalue weighted by atomic mass is 9.99. The average Bonchev–Trinajstić information content (AvgIpc) is 2.44. The number of hydrogen-bond donors (Lipinski definition) is 0. The van der Waals surface area contributed by atoms with Crippen LogP contribution in [0.3, 0.4) is 0 Å². The molecule has 5 heteroatoms. The van der Waals surface area contributed by atoms with E-state index in [0.29, 0.717) is 6.42 Å². The number of hydrogen-bond acceptors (Lipinski definition) is 4. The summed E-state index contributed by atoms with van der Waals surface area (Å²) < 4.78 is 16.0. The maximum absolute atomic E-state index is 11.0. The summed E-state index contributed by atoms with van der Waals surface area (Å²) >= 11 is 3.55. The molecule has 2 rings (SSSR count). The molecule has 0 spiro atoms. The van der Waals surface area contributed by atoms with Gasteiger partial charge in [-0.3, -0.25) is 0 Å². The van der Waals surface area contributed by atoms with E-state index >= 15 is 0 Å². The first-order chi connectivity index (χ1) is 7.06. The molecule has 0 aromatic rings. The minimum Gasteiger partial charge on any atom is -0.427 e. The van der Waals surface area contributed by atoms with Crippen molar-refractivity contribution in [1.82, 2.24) is 0 Å². The third-order valence-corrected chi connectivity index (χ3v) is 4.01. The van der Waals surface area contributed by atoms with Gasteiger partial charge in [-0.1, -0.05) is 15.9 Å². The van der Waals surface area contributed by atoms with Crippen LogP contribution in [0.5, 0.6) is 0 Å². The molecule has 0 amide bonds. The Hall–Kier alpha value is -0.290. The van der Waals surface area contributed by atoms with Crippen LogP contribution in [0.1, 0.15) is 26.7 Å². The third-order valence-electron chi connectivity index (χ3n) is 2.89. The molecule has 0 saturated carbocycles. The molecular weight excluding hydrogens is 264 g/mol. The Labute approximate surface area is 97.4 Å². The fourth-order valence-corrected chi connectivity index (χ4v) is 2.57. The lowest BCUT2D eigenvalue weighted by Crippen LogP contribution is -2.38. The Morgan fingerprint density at radius 2 is 1.80 bits per heavy atom. The average molecular weight is 279 g/mol. The molecule has 0 aromatic carbocycles. The Morgan fingerprint density at radius 1 is 1.20 bits per heavy atom. The molecule has 0 aliphatic carbocycles. The van der Waals surface area contributed by atoms with Gasteiger partial charge in [0.1, 0.15) is 12.2 Å². The fourth-order valence-electron chi connectivity index (χ4n) is 2.07. The number of rotatable bonds is 0. The largest absolute Gasteiger partial charge is 0.509 e. The summed E-state index contributed by atoms with van der Waals surface area (Å²) in [6.07, 6.45) is 0.829. The zero-order valence-corrected chi connectivity index (χ0v) is 10.4. The normalized spacial score (nSPS) is 46.1. The number of halogens is 1. The Bertz CT molecular complexity index is 258. The van der Waals surface area contributed by atoms with Crippen molar-refractivity contribution >= 4 is 22.1 Å². The van der Waals surface area contributed by atoms with Crippen LogP contribution in [0.25, 0.3) is 0 Å². The maximum atomic E-state index is 11.0. The Kier molecular flexibility index (Phi) is 3.21. The van der Waals surface area contributed by atoms with Crippen LogP contribution in [-0.2, 0) is 14.2 Å². The van der Waals surface area contributed by atoms with E-state index in [1.807, 2.05) is 13.8 Å². The summed E-state index contributed by atoms with van der Waals surface area (Å²) in [5.41, 5.74) is 0. The van der Waals surface area contributed by atoms with Crippen LogP contribution in [0.4, 0.5) is 4.79 Å². The molecule has 86 valence electrons. The Balaban J connectivity index is 2.08. The molecule has 0 aromatic heterocycles. The van der Waals surface area contributed by atoms with E-state index in [-0.39, 0.29) is 29.2 Å². The number of carbonyl (C=O) groups excluding carboxylic acids is 1. The van der Waals surface area contributed by atoms with Gasteiger partial charge in [-0.15, -0.1) is 0 Å². The SMILES string of the molecule is CC1CC2OC(=O)OC2CC(Br)C(C)O1. The second kappa shape index (κ2) is 4.29. The van der Waals surface area contributed by atoms with Gasteiger partial charge in [-0.25, -0.2) is 4.79 Å². The summed E-state index contributed by atoms with van der Waals surface area (Å²) in [5, 5.41) is 0. The molecular formula is C10H15BrO4. The second-order valence-corrected chi connectivity index (χ2v) is 5.38. The quantitative estimate of drug-likeness (QED) is 0.504. The molecule has 2 aliphatic rings. The van der Waals surface area contributed by atoms with Crippen LogP contribution >= 0.6 is 15.9 Å². The highest BCUT2D eigenvalue weighted by Gasteiger charge is 2.41. The fraction of sp³-hybridized carbons (Fsp3) is 0.900. The van der Waals surface area contributed by atoms with Crippen LogP contribution in [-0.4, -0.2) is 35.4 Å². The maximum Gasteiger partial charge on any atom is 0.509 e. The smallest absolute Gasteiger partial charge is 0.427 e. The lowest BCUT2D eigenvalue weighted by Gasteiger charge is -2.30. The van der Waals surface area contributed by atoms with E-state index in [1.165, 1.54) is 0 Å². The van der Waals surface area contributed by atoms with Crippen molar-refractivity contribution in [1.29, 1.82) is 0 Å². The van der Waals surface area contributed by atoms with Crippen molar-refractivity contribution in [2.24, 2.45) is 0 Å². The van der Waals surface area contributed by atoms with E-state index in [1.54, 1.807) is 0 Å². The molecule has 0 radical (unpaired) electrons. The summed E-state index contributed by atoms with van der Waals surface area (Å²) in [6, 6.07) is 0. The summed E-state index contributed by atoms with van der Waals surface area (Å²) in [4.78, 5) is 11.2. The number of ether oxygens (including phenoxy) is 3. The first kappa shape index (κ1) is 11.2. The van der Waals surface area contributed by atoms with E-state index in [2.05, 4.69) is 15.9 Å². The van der Waals surface area contributed by atoms with Crippen molar-refractivity contribution in [2.45, 2.75) is 55.9 Å². The third kappa shape index (κ3) is 2.45. The van der Waals surface area contributed by atoms with E-state index in [4.69, 9.17) is 14.2 Å². The van der Waals surface area contributed by atoms with Crippen molar-refractivity contribution in [3.63, 3.8) is 0 Å². The van der Waals surface area contributed by atoms with Crippen molar-refractivity contribution in [2.75, 3.05) is 0 Å². The van der Waals surface area contributed by atoms with Gasteiger partial charge in [0.05, 0.1) is 12.2 Å². The highest BCUT2D eigenvalue weighted by atomic mass is 79.9. The van der Waals surface area contributed by atoms with Gasteiger partial charge in [-0.2, -0.15) is 0 Å². The molecule has 2 fully saturated rings. The van der Waals surface area contributed by atoms with Gasteiger partial charge in [0.2, 0.25) is 0 Å². The van der Waals surface area contributed by atoms with Crippen LogP contribution in [0.2, 0.25) is 0 Å². The molecule has 0 N–H and O–H groups in total. The van der Waals surface area contributed by atoms with Gasteiger partial charge < -0.3 is 14.2 Å². The molecule has 2 heterocycles. The van der Waals surface area contributed by atoms with Crippen molar-refractivity contribution in [3.8, 4) is 0 Å². The van der Waals surface area contributed by atoms with Gasteiger partial charge in [0, 0.05) is 17.7 Å². The topological polar surface area (TPSA) is 44.8 Å². The number of alkyl halides is 1. The minimum atomic E-state index is -0.550. The van der Waals surface area contributed by atoms with Crippen LogP contribution < -0.4 is 0 Å². The Morgan fingerprint density at radius 3 is 2.47 bits per heavy atom. The monoisotopic (exact) mass is 278 g/mol. The molecule has 2 aliphatic heterocycles. The zero-order chi connectivity index (χ0) is 11.0. The van der Waals surface area contributed by atoms with Crippen molar-refractivity contribution in [3.05, 3.63) is 0 Å². The molecule has 0 bridgehead atoms. The lowest BCUT2D eigenvalue weighted by molar-refractivity contribution is -0.0389. The van der Waals surface area contributed by atoms with Crippen molar-refractivity contribution < 1.29 is 19.0 Å². The molecule has 15 heavy (non-hydrogen) atoms. The highest BCUT2D eigenvalue weighted by molar-refractivity contribution is 9.09. The first-order valence-electron chi connectivity index (χ1n) is 5.23. The molecule has 5 atom stereocenters. The second-order valence-electron chi connectivity index (χ2n) is 4.20. The zero-order valence-electron chi connectivity index (χ0n) is 8.81. The van der Waals surface area contributed by atoms with Gasteiger partial charge in [0.25, 0.3) is 0 Å². The standard InChI is InChI=1S/C10H15BrO4/c1-5-3-8-9(15-10(12)14-8)4-7(11)6(2)13-5/h5-9H,3-4H2,1-2H3. The highest BCUT2D eigenvalue weighted by Crippen LogP contribution is 2.30. The van der Waals surface area contributed by atoms with E-state index in [0.717, 1.165) is 6.42 Å². The molecule has 4 nitrogen and oxygen atoms in total. The van der Waals surface area contributed by atoms with Gasteiger partial charge >= 0.3 is 6.16 Å².